The Balaban J connectivity index is 2.13. The molecule has 5 heteroatoms. The molecule has 0 aliphatic rings. The molecule has 18 heavy (non-hydrogen) atoms. The number of nitrogens with one attached hydrogen (secondary N) is 1. The Morgan fingerprint density at radius 3 is 2.67 bits per heavy atom. The van der Waals surface area contributed by atoms with Crippen LogP contribution in [0.5, 0.6) is 0 Å². The lowest BCUT2D eigenvalue weighted by molar-refractivity contribution is 0.0947. The molecule has 0 saturated heterocycles. The van der Waals surface area contributed by atoms with Gasteiger partial charge in [0.25, 0.3) is 5.91 Å². The zero-order chi connectivity index (χ0) is 13.2. The van der Waals surface area contributed by atoms with E-state index in [1.807, 2.05) is 0 Å². The maximum Gasteiger partial charge on any atom is 0.271 e. The van der Waals surface area contributed by atoms with Gasteiger partial charge in [0.1, 0.15) is 5.69 Å². The Morgan fingerprint density at radius 1 is 1.28 bits per heavy atom. The van der Waals surface area contributed by atoms with E-state index in [4.69, 9.17) is 0 Å². The third kappa shape index (κ3) is 5.23. The largest absolute Gasteiger partial charge is 0.351 e. The van der Waals surface area contributed by atoms with Gasteiger partial charge in [-0.25, -0.2) is 4.98 Å². The SMILES string of the molecule is CCN(CC)CCCCNC(=O)c1cnccn1. The second-order valence-electron chi connectivity index (χ2n) is 4.08. The van der Waals surface area contributed by atoms with E-state index in [0.717, 1.165) is 32.5 Å². The highest BCUT2D eigenvalue weighted by Crippen LogP contribution is 1.95. The normalized spacial score (nSPS) is 10.6. The Morgan fingerprint density at radius 2 is 2.06 bits per heavy atom. The van der Waals surface area contributed by atoms with E-state index >= 15 is 0 Å². The van der Waals surface area contributed by atoms with Gasteiger partial charge < -0.3 is 10.2 Å². The number of unbranched alkanes of at least 4 members (excludes halogenated alkanes) is 1. The minimum atomic E-state index is -0.147. The molecule has 0 spiro atoms. The summed E-state index contributed by atoms with van der Waals surface area (Å²) in [4.78, 5) is 21.8. The number of amides is 1. The van der Waals surface area contributed by atoms with E-state index in [0.29, 0.717) is 12.2 Å². The van der Waals surface area contributed by atoms with Gasteiger partial charge in [0, 0.05) is 18.9 Å². The average Bonchev–Trinajstić information content (AvgIpc) is 2.43. The molecule has 0 fully saturated rings. The molecule has 0 aromatic carbocycles. The molecular formula is C13H22N4O. The van der Waals surface area contributed by atoms with Crippen molar-refractivity contribution in [1.82, 2.24) is 20.2 Å². The van der Waals surface area contributed by atoms with Crippen molar-refractivity contribution >= 4 is 5.91 Å². The zero-order valence-electron chi connectivity index (χ0n) is 11.2. The number of carbonyl (C=O) groups excluding carboxylic acids is 1. The lowest BCUT2D eigenvalue weighted by atomic mass is 10.3. The summed E-state index contributed by atoms with van der Waals surface area (Å²) in [6.07, 6.45) is 6.65. The van der Waals surface area contributed by atoms with Crippen molar-refractivity contribution < 1.29 is 4.79 Å². The molecular weight excluding hydrogens is 228 g/mol. The first kappa shape index (κ1) is 14.6. The monoisotopic (exact) mass is 250 g/mol. The molecule has 0 aliphatic heterocycles. The lowest BCUT2D eigenvalue weighted by Gasteiger charge is -2.17. The van der Waals surface area contributed by atoms with Crippen LogP contribution < -0.4 is 5.32 Å². The Hall–Kier alpha value is -1.49. The molecule has 0 saturated carbocycles. The van der Waals surface area contributed by atoms with Gasteiger partial charge in [-0.05, 0) is 32.5 Å². The van der Waals surface area contributed by atoms with Gasteiger partial charge in [0.15, 0.2) is 0 Å². The molecule has 1 aromatic heterocycles. The summed E-state index contributed by atoms with van der Waals surface area (Å²) in [6.45, 7) is 8.29. The zero-order valence-corrected chi connectivity index (χ0v) is 11.2. The highest BCUT2D eigenvalue weighted by atomic mass is 16.1. The highest BCUT2D eigenvalue weighted by molar-refractivity contribution is 5.91. The second kappa shape index (κ2) is 8.58. The van der Waals surface area contributed by atoms with Crippen molar-refractivity contribution in [2.45, 2.75) is 26.7 Å². The van der Waals surface area contributed by atoms with Gasteiger partial charge in [-0.15, -0.1) is 0 Å². The molecule has 1 amide bonds. The summed E-state index contributed by atoms with van der Waals surface area (Å²) < 4.78 is 0. The summed E-state index contributed by atoms with van der Waals surface area (Å²) in [5, 5.41) is 2.85. The summed E-state index contributed by atoms with van der Waals surface area (Å²) in [5.74, 6) is -0.147. The predicted octanol–water partition coefficient (Wildman–Crippen LogP) is 1.33. The van der Waals surface area contributed by atoms with Crippen LogP contribution in [0.15, 0.2) is 18.6 Å². The second-order valence-corrected chi connectivity index (χ2v) is 4.08. The van der Waals surface area contributed by atoms with Crippen LogP contribution in [-0.2, 0) is 0 Å². The lowest BCUT2D eigenvalue weighted by Crippen LogP contribution is -2.27. The average molecular weight is 250 g/mol. The van der Waals surface area contributed by atoms with E-state index in [1.54, 1.807) is 6.20 Å². The van der Waals surface area contributed by atoms with E-state index in [2.05, 4.69) is 34.0 Å². The smallest absolute Gasteiger partial charge is 0.271 e. The summed E-state index contributed by atoms with van der Waals surface area (Å²) in [5.41, 5.74) is 0.376. The number of hydrogen-bond acceptors (Lipinski definition) is 4. The number of aromatic nitrogens is 2. The summed E-state index contributed by atoms with van der Waals surface area (Å²) in [7, 11) is 0. The molecule has 0 bridgehead atoms. The minimum Gasteiger partial charge on any atom is -0.351 e. The molecule has 100 valence electrons. The number of rotatable bonds is 8. The topological polar surface area (TPSA) is 58.1 Å². The van der Waals surface area contributed by atoms with Gasteiger partial charge in [-0.3, -0.25) is 9.78 Å². The maximum absolute atomic E-state index is 11.6. The van der Waals surface area contributed by atoms with Crippen molar-refractivity contribution in [3.05, 3.63) is 24.3 Å². The number of nitrogens with zero attached hydrogens (tertiary/aromatic N) is 3. The standard InChI is InChI=1S/C13H22N4O/c1-3-17(4-2)10-6-5-7-16-13(18)12-11-14-8-9-15-12/h8-9,11H,3-7,10H2,1-2H3,(H,16,18). The minimum absolute atomic E-state index is 0.147. The summed E-state index contributed by atoms with van der Waals surface area (Å²) in [6, 6.07) is 0. The fourth-order valence-corrected chi connectivity index (χ4v) is 1.71. The van der Waals surface area contributed by atoms with E-state index in [-0.39, 0.29) is 5.91 Å². The number of hydrogen-bond donors (Lipinski definition) is 1. The first-order valence-electron chi connectivity index (χ1n) is 6.54. The molecule has 1 rings (SSSR count). The van der Waals surface area contributed by atoms with Crippen molar-refractivity contribution in [2.75, 3.05) is 26.2 Å². The Labute approximate surface area is 109 Å². The van der Waals surface area contributed by atoms with Crippen LogP contribution in [0.2, 0.25) is 0 Å². The molecule has 5 nitrogen and oxygen atoms in total. The van der Waals surface area contributed by atoms with Crippen LogP contribution in [0, 0.1) is 0 Å². The van der Waals surface area contributed by atoms with Crippen LogP contribution in [-0.4, -0.2) is 47.0 Å². The third-order valence-electron chi connectivity index (χ3n) is 2.88. The van der Waals surface area contributed by atoms with Gasteiger partial charge in [-0.1, -0.05) is 13.8 Å². The van der Waals surface area contributed by atoms with Crippen LogP contribution in [0.1, 0.15) is 37.2 Å². The van der Waals surface area contributed by atoms with Crippen molar-refractivity contribution in [3.8, 4) is 0 Å². The highest BCUT2D eigenvalue weighted by Gasteiger charge is 2.05. The Kier molecular flexibility index (Phi) is 6.94. The molecule has 1 aromatic rings. The molecule has 1 heterocycles. The summed E-state index contributed by atoms with van der Waals surface area (Å²) >= 11 is 0. The first-order valence-corrected chi connectivity index (χ1v) is 6.54. The van der Waals surface area contributed by atoms with E-state index in [1.165, 1.54) is 12.4 Å². The predicted molar refractivity (Wildman–Crippen MR) is 71.4 cm³/mol. The molecule has 0 unspecified atom stereocenters. The third-order valence-corrected chi connectivity index (χ3v) is 2.88. The molecule has 0 atom stereocenters. The van der Waals surface area contributed by atoms with Crippen molar-refractivity contribution in [1.29, 1.82) is 0 Å². The molecule has 1 N–H and O–H groups in total. The van der Waals surface area contributed by atoms with Crippen LogP contribution in [0.4, 0.5) is 0 Å². The maximum atomic E-state index is 11.6. The van der Waals surface area contributed by atoms with Crippen LogP contribution in [0.25, 0.3) is 0 Å². The van der Waals surface area contributed by atoms with Gasteiger partial charge >= 0.3 is 0 Å². The number of carbonyl (C=O) groups is 1. The van der Waals surface area contributed by atoms with Gasteiger partial charge in [0.05, 0.1) is 6.20 Å². The van der Waals surface area contributed by atoms with Gasteiger partial charge in [-0.2, -0.15) is 0 Å². The fraction of sp³-hybridized carbons (Fsp3) is 0.615. The van der Waals surface area contributed by atoms with Gasteiger partial charge in [0.2, 0.25) is 0 Å². The van der Waals surface area contributed by atoms with Crippen LogP contribution in [0.3, 0.4) is 0 Å². The quantitative estimate of drug-likeness (QED) is 0.707. The molecule has 0 aliphatic carbocycles. The Bertz CT molecular complexity index is 338. The molecule has 0 radical (unpaired) electrons. The van der Waals surface area contributed by atoms with Crippen molar-refractivity contribution in [2.24, 2.45) is 0 Å². The van der Waals surface area contributed by atoms with Crippen LogP contribution >= 0.6 is 0 Å². The first-order chi connectivity index (χ1) is 8.77. The van der Waals surface area contributed by atoms with E-state index in [9.17, 15) is 4.79 Å². The van der Waals surface area contributed by atoms with Crippen molar-refractivity contribution in [3.63, 3.8) is 0 Å². The fourth-order valence-electron chi connectivity index (χ4n) is 1.71. The van der Waals surface area contributed by atoms with E-state index < -0.39 is 0 Å².